The molecule has 0 unspecified atom stereocenters. The fourth-order valence-electron chi connectivity index (χ4n) is 3.29. The molecule has 2 atom stereocenters. The Kier molecular flexibility index (Phi) is 8.13. The monoisotopic (exact) mass is 551 g/mol. The largest absolute Gasteiger partial charge is 0.468 e. The standard InChI is InChI=1S/C22H16BrClFN3O4S/c1-32-22(31)19-18(11-3-2-4-12(23)7-11)14(9-26)21(28-20(19)30)33-10-17(29)27-13-5-6-16(25)15(24)8-13/h2-8,18-19H,10H2,1H3,(H,27,29)(H,28,30)/t18-,19-/m1/s1. The van der Waals surface area contributed by atoms with Gasteiger partial charge in [-0.25, -0.2) is 4.39 Å². The molecule has 2 amide bonds. The summed E-state index contributed by atoms with van der Waals surface area (Å²) < 4.78 is 18.8. The van der Waals surface area contributed by atoms with E-state index in [4.69, 9.17) is 16.3 Å². The first-order valence-corrected chi connectivity index (χ1v) is 11.6. The summed E-state index contributed by atoms with van der Waals surface area (Å²) >= 11 is 10.0. The van der Waals surface area contributed by atoms with E-state index in [9.17, 15) is 24.0 Å². The summed E-state index contributed by atoms with van der Waals surface area (Å²) in [4.78, 5) is 37.6. The number of methoxy groups -OCH3 is 1. The van der Waals surface area contributed by atoms with E-state index in [2.05, 4.69) is 32.6 Å². The molecule has 0 radical (unpaired) electrons. The Labute approximate surface area is 206 Å². The molecule has 0 aromatic heterocycles. The molecular formula is C22H16BrClFN3O4S. The van der Waals surface area contributed by atoms with E-state index in [0.717, 1.165) is 17.8 Å². The molecule has 0 spiro atoms. The predicted molar refractivity (Wildman–Crippen MR) is 126 cm³/mol. The molecule has 7 nitrogen and oxygen atoms in total. The minimum absolute atomic E-state index is 0.130. The lowest BCUT2D eigenvalue weighted by atomic mass is 9.78. The molecule has 170 valence electrons. The molecule has 0 aliphatic carbocycles. The zero-order valence-corrected chi connectivity index (χ0v) is 20.2. The van der Waals surface area contributed by atoms with Crippen molar-refractivity contribution in [1.29, 1.82) is 5.26 Å². The van der Waals surface area contributed by atoms with Gasteiger partial charge in [-0.2, -0.15) is 5.26 Å². The number of esters is 1. The van der Waals surface area contributed by atoms with Crippen molar-refractivity contribution in [3.05, 3.63) is 73.9 Å². The molecule has 11 heteroatoms. The quantitative estimate of drug-likeness (QED) is 0.407. The third-order valence-electron chi connectivity index (χ3n) is 4.74. The second-order valence-electron chi connectivity index (χ2n) is 6.84. The first-order chi connectivity index (χ1) is 15.7. The highest BCUT2D eigenvalue weighted by molar-refractivity contribution is 9.10. The predicted octanol–water partition coefficient (Wildman–Crippen LogP) is 4.35. The van der Waals surface area contributed by atoms with Gasteiger partial charge < -0.3 is 15.4 Å². The Hall–Kier alpha value is -2.87. The Morgan fingerprint density at radius 1 is 1.33 bits per heavy atom. The van der Waals surface area contributed by atoms with Crippen molar-refractivity contribution in [3.63, 3.8) is 0 Å². The second kappa shape index (κ2) is 10.8. The van der Waals surface area contributed by atoms with Crippen LogP contribution in [0, 0.1) is 23.1 Å². The minimum atomic E-state index is -1.27. The van der Waals surface area contributed by atoms with Crippen LogP contribution in [0.15, 0.2) is 57.5 Å². The van der Waals surface area contributed by atoms with Crippen molar-refractivity contribution < 1.29 is 23.5 Å². The lowest BCUT2D eigenvalue weighted by Crippen LogP contribution is -2.44. The molecule has 0 saturated carbocycles. The number of nitrogens with one attached hydrogen (secondary N) is 2. The molecular weight excluding hydrogens is 537 g/mol. The molecule has 33 heavy (non-hydrogen) atoms. The van der Waals surface area contributed by atoms with Gasteiger partial charge in [-0.05, 0) is 35.9 Å². The number of ether oxygens (including phenoxy) is 1. The fraction of sp³-hybridized carbons (Fsp3) is 0.182. The maximum absolute atomic E-state index is 13.3. The number of thioether (sulfide) groups is 1. The van der Waals surface area contributed by atoms with Gasteiger partial charge >= 0.3 is 5.97 Å². The number of nitriles is 1. The van der Waals surface area contributed by atoms with Crippen molar-refractivity contribution in [3.8, 4) is 6.07 Å². The van der Waals surface area contributed by atoms with Gasteiger partial charge in [0.05, 0.1) is 34.6 Å². The normalized spacial score (nSPS) is 17.7. The highest BCUT2D eigenvalue weighted by Crippen LogP contribution is 2.40. The molecule has 0 saturated heterocycles. The number of anilines is 1. The third kappa shape index (κ3) is 5.74. The number of rotatable bonds is 6. The molecule has 2 N–H and O–H groups in total. The van der Waals surface area contributed by atoms with Gasteiger partial charge in [0.1, 0.15) is 11.7 Å². The van der Waals surface area contributed by atoms with Gasteiger partial charge in [-0.1, -0.05) is 51.4 Å². The van der Waals surface area contributed by atoms with Crippen LogP contribution in [0.3, 0.4) is 0 Å². The highest BCUT2D eigenvalue weighted by atomic mass is 79.9. The van der Waals surface area contributed by atoms with Crippen molar-refractivity contribution in [2.75, 3.05) is 18.2 Å². The molecule has 3 rings (SSSR count). The number of amides is 2. The van der Waals surface area contributed by atoms with Crippen LogP contribution in [-0.4, -0.2) is 30.6 Å². The van der Waals surface area contributed by atoms with Gasteiger partial charge in [0.25, 0.3) is 0 Å². The minimum Gasteiger partial charge on any atom is -0.468 e. The Bertz CT molecular complexity index is 1200. The average molecular weight is 553 g/mol. The lowest BCUT2D eigenvalue weighted by molar-refractivity contribution is -0.150. The third-order valence-corrected chi connectivity index (χ3v) is 6.54. The first kappa shape index (κ1) is 24.8. The maximum Gasteiger partial charge on any atom is 0.319 e. The topological polar surface area (TPSA) is 108 Å². The van der Waals surface area contributed by atoms with Crippen LogP contribution in [0.4, 0.5) is 10.1 Å². The van der Waals surface area contributed by atoms with E-state index in [1.165, 1.54) is 19.2 Å². The van der Waals surface area contributed by atoms with Crippen molar-refractivity contribution in [1.82, 2.24) is 5.32 Å². The molecule has 1 aliphatic heterocycles. The van der Waals surface area contributed by atoms with E-state index in [0.29, 0.717) is 15.7 Å². The number of nitrogens with zero attached hydrogens (tertiary/aromatic N) is 1. The highest BCUT2D eigenvalue weighted by Gasteiger charge is 2.44. The van der Waals surface area contributed by atoms with Gasteiger partial charge in [-0.3, -0.25) is 14.4 Å². The summed E-state index contributed by atoms with van der Waals surface area (Å²) in [7, 11) is 1.17. The summed E-state index contributed by atoms with van der Waals surface area (Å²) in [5, 5.41) is 15.0. The van der Waals surface area contributed by atoms with Crippen molar-refractivity contribution >= 4 is 62.8 Å². The summed E-state index contributed by atoms with van der Waals surface area (Å²) in [6, 6.07) is 12.7. The summed E-state index contributed by atoms with van der Waals surface area (Å²) in [6.45, 7) is 0. The van der Waals surface area contributed by atoms with E-state index < -0.39 is 35.4 Å². The fourth-order valence-corrected chi connectivity index (χ4v) is 4.73. The molecule has 0 bridgehead atoms. The van der Waals surface area contributed by atoms with E-state index >= 15 is 0 Å². The molecule has 2 aromatic rings. The van der Waals surface area contributed by atoms with Gasteiger partial charge in [0.15, 0.2) is 0 Å². The Balaban J connectivity index is 1.88. The number of benzene rings is 2. The van der Waals surface area contributed by atoms with Gasteiger partial charge in [0, 0.05) is 16.1 Å². The van der Waals surface area contributed by atoms with Crippen LogP contribution in [0.2, 0.25) is 5.02 Å². The molecule has 1 heterocycles. The zero-order chi connectivity index (χ0) is 24.1. The van der Waals surface area contributed by atoms with Crippen LogP contribution >= 0.6 is 39.3 Å². The summed E-state index contributed by atoms with van der Waals surface area (Å²) in [6.07, 6.45) is 0. The van der Waals surface area contributed by atoms with E-state index in [-0.39, 0.29) is 21.4 Å². The molecule has 0 fully saturated rings. The second-order valence-corrected chi connectivity index (χ2v) is 9.15. The number of carbonyl (C=O) groups is 3. The van der Waals surface area contributed by atoms with Crippen LogP contribution in [0.1, 0.15) is 11.5 Å². The molecule has 2 aromatic carbocycles. The van der Waals surface area contributed by atoms with Gasteiger partial charge in [0.2, 0.25) is 11.8 Å². The number of hydrogen-bond acceptors (Lipinski definition) is 6. The van der Waals surface area contributed by atoms with Crippen molar-refractivity contribution in [2.45, 2.75) is 5.92 Å². The maximum atomic E-state index is 13.3. The number of allylic oxidation sites excluding steroid dienone is 1. The van der Waals surface area contributed by atoms with Crippen molar-refractivity contribution in [2.24, 2.45) is 5.92 Å². The lowest BCUT2D eigenvalue weighted by Gasteiger charge is -2.31. The van der Waals surface area contributed by atoms with E-state index in [1.54, 1.807) is 24.3 Å². The van der Waals surface area contributed by atoms with E-state index in [1.807, 2.05) is 0 Å². The average Bonchev–Trinajstić information content (AvgIpc) is 2.79. The zero-order valence-electron chi connectivity index (χ0n) is 17.0. The Morgan fingerprint density at radius 2 is 2.09 bits per heavy atom. The summed E-state index contributed by atoms with van der Waals surface area (Å²) in [5.74, 6) is -4.82. The number of halogens is 3. The molecule has 1 aliphatic rings. The SMILES string of the molecule is COC(=O)[C@H]1C(=O)NC(SCC(=O)Nc2ccc(F)c(Cl)c2)=C(C#N)[C@H]1c1cccc(Br)c1. The van der Waals surface area contributed by atoms with Crippen LogP contribution in [0.5, 0.6) is 0 Å². The Morgan fingerprint density at radius 3 is 2.73 bits per heavy atom. The summed E-state index contributed by atoms with van der Waals surface area (Å²) in [5.41, 5.74) is 0.993. The number of carbonyl (C=O) groups excluding carboxylic acids is 3. The smallest absolute Gasteiger partial charge is 0.319 e. The first-order valence-electron chi connectivity index (χ1n) is 9.41. The number of hydrogen-bond donors (Lipinski definition) is 2. The van der Waals surface area contributed by atoms with Crippen LogP contribution in [-0.2, 0) is 19.1 Å². The van der Waals surface area contributed by atoms with Crippen LogP contribution < -0.4 is 10.6 Å². The van der Waals surface area contributed by atoms with Gasteiger partial charge in [-0.15, -0.1) is 0 Å². The van der Waals surface area contributed by atoms with Crippen LogP contribution in [0.25, 0.3) is 0 Å².